The molecule has 2 aromatic rings. The molecule has 1 fully saturated rings. The van der Waals surface area contributed by atoms with Crippen molar-refractivity contribution >= 4 is 40.1 Å². The van der Waals surface area contributed by atoms with Crippen LogP contribution in [0.15, 0.2) is 60.1 Å². The third-order valence-corrected chi connectivity index (χ3v) is 5.80. The molecule has 3 rings (SSSR count). The Balaban J connectivity index is 1.75. The molecule has 0 saturated carbocycles. The molecule has 1 aliphatic rings. The molecule has 0 radical (unpaired) electrons. The van der Waals surface area contributed by atoms with Crippen molar-refractivity contribution in [3.05, 3.63) is 66.2 Å². The van der Waals surface area contributed by atoms with Crippen LogP contribution >= 0.6 is 11.8 Å². The van der Waals surface area contributed by atoms with E-state index in [0.29, 0.717) is 23.1 Å². The fraction of sp³-hybridized carbons (Fsp3) is 0.261. The van der Waals surface area contributed by atoms with Gasteiger partial charge in [0, 0.05) is 24.7 Å². The van der Waals surface area contributed by atoms with E-state index < -0.39 is 5.25 Å². The zero-order valence-corrected chi connectivity index (χ0v) is 18.2. The normalized spacial score (nSPS) is 17.3. The molecule has 0 bridgehead atoms. The maximum Gasteiger partial charge on any atom is 0.242 e. The summed E-state index contributed by atoms with van der Waals surface area (Å²) in [5, 5.41) is 2.89. The number of rotatable bonds is 7. The molecular weight excluding hydrogens is 398 g/mol. The number of benzene rings is 2. The van der Waals surface area contributed by atoms with Crippen molar-refractivity contribution in [3.63, 3.8) is 0 Å². The second-order valence-corrected chi connectivity index (χ2v) is 8.18. The Labute approximate surface area is 181 Å². The topological polar surface area (TPSA) is 71.0 Å². The molecule has 1 atom stereocenters. The predicted molar refractivity (Wildman–Crippen MR) is 123 cm³/mol. The van der Waals surface area contributed by atoms with Crippen LogP contribution in [0.4, 0.5) is 11.4 Å². The second-order valence-electron chi connectivity index (χ2n) is 7.01. The zero-order chi connectivity index (χ0) is 21.7. The number of hydrogen-bond acceptors (Lipinski definition) is 5. The summed E-state index contributed by atoms with van der Waals surface area (Å²) >= 11 is 1.31. The number of nitrogens with zero attached hydrogens (tertiary/aromatic N) is 2. The Morgan fingerprint density at radius 3 is 2.80 bits per heavy atom. The highest BCUT2D eigenvalue weighted by Gasteiger charge is 2.38. The van der Waals surface area contributed by atoms with E-state index >= 15 is 0 Å². The van der Waals surface area contributed by atoms with E-state index in [1.807, 2.05) is 26.0 Å². The lowest BCUT2D eigenvalue weighted by molar-refractivity contribution is -0.127. The number of ether oxygens (including phenoxy) is 1. The number of anilines is 1. The lowest BCUT2D eigenvalue weighted by Crippen LogP contribution is -2.33. The fourth-order valence-electron chi connectivity index (χ4n) is 3.14. The van der Waals surface area contributed by atoms with Gasteiger partial charge in [0.1, 0.15) is 11.0 Å². The van der Waals surface area contributed by atoms with Crippen molar-refractivity contribution in [1.29, 1.82) is 0 Å². The number of aliphatic imine (C=N–C) groups is 1. The van der Waals surface area contributed by atoms with Crippen LogP contribution in [0, 0.1) is 13.8 Å². The highest BCUT2D eigenvalue weighted by Crippen LogP contribution is 2.33. The minimum absolute atomic E-state index is 0.0558. The summed E-state index contributed by atoms with van der Waals surface area (Å²) in [4.78, 5) is 31.7. The van der Waals surface area contributed by atoms with E-state index in [1.54, 1.807) is 42.4 Å². The first-order chi connectivity index (χ1) is 14.4. The van der Waals surface area contributed by atoms with Crippen LogP contribution in [0.1, 0.15) is 17.5 Å². The Bertz CT molecular complexity index is 1000. The Morgan fingerprint density at radius 1 is 1.30 bits per heavy atom. The number of amidine groups is 1. The van der Waals surface area contributed by atoms with Crippen LogP contribution in [0.3, 0.4) is 0 Å². The first kappa shape index (κ1) is 21.6. The first-order valence-electron chi connectivity index (χ1n) is 9.60. The van der Waals surface area contributed by atoms with Crippen LogP contribution in [-0.2, 0) is 9.59 Å². The summed E-state index contributed by atoms with van der Waals surface area (Å²) < 4.78 is 5.17. The average Bonchev–Trinajstić information content (AvgIpc) is 2.99. The number of carbonyl (C=O) groups is 2. The number of thioether (sulfide) groups is 1. The Morgan fingerprint density at radius 2 is 2.10 bits per heavy atom. The molecule has 1 saturated heterocycles. The monoisotopic (exact) mass is 423 g/mol. The van der Waals surface area contributed by atoms with Gasteiger partial charge in [0.05, 0.1) is 12.8 Å². The van der Waals surface area contributed by atoms with Gasteiger partial charge in [0.15, 0.2) is 5.17 Å². The smallest absolute Gasteiger partial charge is 0.242 e. The maximum atomic E-state index is 12.9. The van der Waals surface area contributed by atoms with E-state index in [-0.39, 0.29) is 18.2 Å². The lowest BCUT2D eigenvalue weighted by atomic mass is 10.1. The second kappa shape index (κ2) is 9.63. The quantitative estimate of drug-likeness (QED) is 0.668. The van der Waals surface area contributed by atoms with Crippen molar-refractivity contribution in [2.24, 2.45) is 4.99 Å². The summed E-state index contributed by atoms with van der Waals surface area (Å²) in [7, 11) is 1.57. The van der Waals surface area contributed by atoms with E-state index in [1.165, 1.54) is 11.8 Å². The zero-order valence-electron chi connectivity index (χ0n) is 17.3. The van der Waals surface area contributed by atoms with Gasteiger partial charge < -0.3 is 10.1 Å². The fourth-order valence-corrected chi connectivity index (χ4v) is 4.30. The van der Waals surface area contributed by atoms with Crippen LogP contribution in [-0.4, -0.2) is 40.8 Å². The Hall–Kier alpha value is -3.06. The number of carbonyl (C=O) groups excluding carboxylic acids is 2. The molecule has 0 aliphatic carbocycles. The molecule has 1 aliphatic heterocycles. The molecule has 0 aromatic heterocycles. The molecular formula is C23H25N3O3S. The number of nitrogens with one attached hydrogen (secondary N) is 1. The van der Waals surface area contributed by atoms with Crippen molar-refractivity contribution in [2.75, 3.05) is 19.0 Å². The van der Waals surface area contributed by atoms with Crippen LogP contribution in [0.25, 0.3) is 0 Å². The van der Waals surface area contributed by atoms with Crippen molar-refractivity contribution < 1.29 is 14.3 Å². The van der Waals surface area contributed by atoms with Crippen molar-refractivity contribution in [1.82, 2.24) is 4.90 Å². The third kappa shape index (κ3) is 5.10. The lowest BCUT2D eigenvalue weighted by Gasteiger charge is -2.14. The summed E-state index contributed by atoms with van der Waals surface area (Å²) in [6.07, 6.45) is 1.72. The summed E-state index contributed by atoms with van der Waals surface area (Å²) in [5.41, 5.74) is 3.63. The molecule has 7 heteroatoms. The van der Waals surface area contributed by atoms with Gasteiger partial charge in [-0.2, -0.15) is 0 Å². The molecule has 6 nitrogen and oxygen atoms in total. The van der Waals surface area contributed by atoms with Crippen molar-refractivity contribution in [3.8, 4) is 5.75 Å². The highest BCUT2D eigenvalue weighted by atomic mass is 32.2. The SMILES string of the molecule is C=CCN1C(=O)[C@H](CC(=O)Nc2cccc(OC)c2)SC1=Nc1ccc(C)cc1C. The molecule has 30 heavy (non-hydrogen) atoms. The third-order valence-electron chi connectivity index (χ3n) is 4.62. The summed E-state index contributed by atoms with van der Waals surface area (Å²) in [6.45, 7) is 8.11. The van der Waals surface area contributed by atoms with Gasteiger partial charge in [-0.05, 0) is 37.6 Å². The number of aryl methyl sites for hydroxylation is 2. The van der Waals surface area contributed by atoms with Gasteiger partial charge in [-0.3, -0.25) is 14.5 Å². The number of hydrogen-bond donors (Lipinski definition) is 1. The number of amides is 2. The maximum absolute atomic E-state index is 12.9. The minimum Gasteiger partial charge on any atom is -0.497 e. The van der Waals surface area contributed by atoms with E-state index in [9.17, 15) is 9.59 Å². The summed E-state index contributed by atoms with van der Waals surface area (Å²) in [5.74, 6) is 0.281. The highest BCUT2D eigenvalue weighted by molar-refractivity contribution is 8.15. The molecule has 156 valence electrons. The first-order valence-corrected chi connectivity index (χ1v) is 10.5. The minimum atomic E-state index is -0.528. The largest absolute Gasteiger partial charge is 0.497 e. The van der Waals surface area contributed by atoms with Gasteiger partial charge in [0.25, 0.3) is 0 Å². The molecule has 2 aromatic carbocycles. The summed E-state index contributed by atoms with van der Waals surface area (Å²) in [6, 6.07) is 13.1. The van der Waals surface area contributed by atoms with Gasteiger partial charge in [-0.25, -0.2) is 4.99 Å². The number of methoxy groups -OCH3 is 1. The van der Waals surface area contributed by atoms with Gasteiger partial charge in [0.2, 0.25) is 11.8 Å². The predicted octanol–water partition coefficient (Wildman–Crippen LogP) is 4.46. The van der Waals surface area contributed by atoms with Crippen LogP contribution in [0.5, 0.6) is 5.75 Å². The van der Waals surface area contributed by atoms with E-state index in [4.69, 9.17) is 9.73 Å². The molecule has 1 heterocycles. The van der Waals surface area contributed by atoms with Crippen LogP contribution in [0.2, 0.25) is 0 Å². The van der Waals surface area contributed by atoms with Crippen LogP contribution < -0.4 is 10.1 Å². The van der Waals surface area contributed by atoms with Gasteiger partial charge in [-0.15, -0.1) is 6.58 Å². The molecule has 0 spiro atoms. The molecule has 2 amide bonds. The van der Waals surface area contributed by atoms with Gasteiger partial charge in [-0.1, -0.05) is 41.6 Å². The van der Waals surface area contributed by atoms with E-state index in [2.05, 4.69) is 18.0 Å². The molecule has 1 N–H and O–H groups in total. The van der Waals surface area contributed by atoms with E-state index in [0.717, 1.165) is 16.8 Å². The Kier molecular flexibility index (Phi) is 6.95. The molecule has 0 unspecified atom stereocenters. The van der Waals surface area contributed by atoms with Gasteiger partial charge >= 0.3 is 0 Å². The standard InChI is InChI=1S/C23H25N3O3S/c1-5-11-26-22(28)20(14-21(27)24-17-7-6-8-18(13-17)29-4)30-23(26)25-19-10-9-15(2)12-16(19)3/h5-10,12-13,20H,1,11,14H2,2-4H3,(H,24,27)/t20-/m0/s1. The average molecular weight is 424 g/mol. The van der Waals surface area contributed by atoms with Crippen molar-refractivity contribution in [2.45, 2.75) is 25.5 Å².